The lowest BCUT2D eigenvalue weighted by Crippen LogP contribution is -2.36. The van der Waals surface area contributed by atoms with Crippen LogP contribution < -0.4 is 10.6 Å². The number of para-hydroxylation sites is 1. The molecule has 0 amide bonds. The Bertz CT molecular complexity index is 1090. The minimum absolute atomic E-state index is 0.192. The normalized spacial score (nSPS) is 23.2. The molecule has 1 aliphatic carbocycles. The van der Waals surface area contributed by atoms with E-state index in [1.165, 1.54) is 0 Å². The monoisotopic (exact) mass is 473 g/mol. The van der Waals surface area contributed by atoms with Crippen molar-refractivity contribution in [3.05, 3.63) is 30.0 Å². The van der Waals surface area contributed by atoms with Gasteiger partial charge in [-0.15, -0.1) is 11.3 Å². The summed E-state index contributed by atoms with van der Waals surface area (Å²) >= 11 is 1.55. The molecule has 10 heteroatoms. The van der Waals surface area contributed by atoms with Gasteiger partial charge in [0.2, 0.25) is 5.95 Å². The van der Waals surface area contributed by atoms with Crippen molar-refractivity contribution in [3.63, 3.8) is 0 Å². The molecule has 1 saturated carbocycles. The van der Waals surface area contributed by atoms with Crippen LogP contribution in [0.4, 0.5) is 11.8 Å². The third-order valence-corrected chi connectivity index (χ3v) is 7.23. The summed E-state index contributed by atoms with van der Waals surface area (Å²) in [5.74, 6) is 0.553. The molecule has 0 bridgehead atoms. The Balaban J connectivity index is 1.73. The number of fused-ring (bicyclic) bond motifs is 1. The molecule has 178 valence electrons. The number of methoxy groups -OCH3 is 1. The molecule has 4 unspecified atom stereocenters. The van der Waals surface area contributed by atoms with Gasteiger partial charge in [0.1, 0.15) is 16.9 Å². The SMILES string of the molecule is COC(C)(C)CNc1nc(C)c(-c2nc3ccccc3s2)c(NC2CC(CO)C(O)C2O)n1. The molecule has 1 aliphatic rings. The van der Waals surface area contributed by atoms with Gasteiger partial charge >= 0.3 is 0 Å². The topological polar surface area (TPSA) is 133 Å². The highest BCUT2D eigenvalue weighted by molar-refractivity contribution is 7.21. The van der Waals surface area contributed by atoms with Crippen molar-refractivity contribution >= 4 is 33.3 Å². The second kappa shape index (κ2) is 9.47. The maximum absolute atomic E-state index is 10.6. The Morgan fingerprint density at radius 1 is 1.15 bits per heavy atom. The highest BCUT2D eigenvalue weighted by Crippen LogP contribution is 2.38. The van der Waals surface area contributed by atoms with Gasteiger partial charge in [-0.05, 0) is 39.3 Å². The molecule has 3 aromatic rings. The minimum Gasteiger partial charge on any atom is -0.396 e. The molecule has 0 spiro atoms. The van der Waals surface area contributed by atoms with Crippen LogP contribution in [-0.4, -0.2) is 74.4 Å². The average Bonchev–Trinajstić information content (AvgIpc) is 3.33. The van der Waals surface area contributed by atoms with Gasteiger partial charge in [0.05, 0.1) is 39.2 Å². The number of nitrogens with zero attached hydrogens (tertiary/aromatic N) is 3. The highest BCUT2D eigenvalue weighted by Gasteiger charge is 2.41. The maximum Gasteiger partial charge on any atom is 0.225 e. The van der Waals surface area contributed by atoms with Crippen LogP contribution in [0.1, 0.15) is 26.0 Å². The molecule has 2 aromatic heterocycles. The first-order valence-corrected chi connectivity index (χ1v) is 11.8. The Morgan fingerprint density at radius 3 is 2.58 bits per heavy atom. The van der Waals surface area contributed by atoms with Gasteiger partial charge in [-0.1, -0.05) is 12.1 Å². The predicted molar refractivity (Wildman–Crippen MR) is 130 cm³/mol. The summed E-state index contributed by atoms with van der Waals surface area (Å²) in [5.41, 5.74) is 1.97. The second-order valence-electron chi connectivity index (χ2n) is 9.07. The summed E-state index contributed by atoms with van der Waals surface area (Å²) < 4.78 is 6.53. The van der Waals surface area contributed by atoms with Crippen molar-refractivity contribution in [1.29, 1.82) is 0 Å². The van der Waals surface area contributed by atoms with Crippen LogP contribution >= 0.6 is 11.3 Å². The number of aliphatic hydroxyl groups is 3. The van der Waals surface area contributed by atoms with Gasteiger partial charge < -0.3 is 30.7 Å². The van der Waals surface area contributed by atoms with E-state index in [1.54, 1.807) is 18.4 Å². The molecule has 9 nitrogen and oxygen atoms in total. The van der Waals surface area contributed by atoms with Crippen LogP contribution in [-0.2, 0) is 4.74 Å². The fraction of sp³-hybridized carbons (Fsp3) is 0.522. The second-order valence-corrected chi connectivity index (χ2v) is 10.1. The summed E-state index contributed by atoms with van der Waals surface area (Å²) in [4.78, 5) is 14.1. The number of benzene rings is 1. The Hall–Kier alpha value is -2.37. The first-order chi connectivity index (χ1) is 15.7. The summed E-state index contributed by atoms with van der Waals surface area (Å²) in [6.45, 7) is 6.14. The molecule has 1 aromatic carbocycles. The van der Waals surface area contributed by atoms with Crippen molar-refractivity contribution < 1.29 is 20.1 Å². The summed E-state index contributed by atoms with van der Waals surface area (Å²) in [6.07, 6.45) is -1.61. The van der Waals surface area contributed by atoms with Gasteiger partial charge in [0.15, 0.2) is 0 Å². The molecule has 0 aliphatic heterocycles. The first kappa shape index (κ1) is 23.8. The fourth-order valence-corrected chi connectivity index (χ4v) is 5.04. The summed E-state index contributed by atoms with van der Waals surface area (Å²) in [7, 11) is 1.65. The van der Waals surface area contributed by atoms with Crippen molar-refractivity contribution in [3.8, 4) is 10.6 Å². The van der Waals surface area contributed by atoms with Crippen LogP contribution in [0.5, 0.6) is 0 Å². The molecule has 4 atom stereocenters. The van der Waals surface area contributed by atoms with E-state index in [4.69, 9.17) is 14.7 Å². The molecule has 5 N–H and O–H groups in total. The standard InChI is InChI=1S/C23H31N5O4S/c1-12-17(21-27-14-7-5-6-8-16(14)33-21)20(26-15-9-13(10-29)18(30)19(15)31)28-22(25-12)24-11-23(2,3)32-4/h5-8,13,15,18-19,29-31H,9-11H2,1-4H3,(H2,24,25,26,28). The van der Waals surface area contributed by atoms with Crippen LogP contribution in [0, 0.1) is 12.8 Å². The van der Waals surface area contributed by atoms with E-state index in [2.05, 4.69) is 15.6 Å². The molecule has 0 radical (unpaired) electrons. The number of anilines is 2. The van der Waals surface area contributed by atoms with Gasteiger partial charge in [-0.25, -0.2) is 9.97 Å². The Labute approximate surface area is 196 Å². The van der Waals surface area contributed by atoms with E-state index in [-0.39, 0.29) is 6.61 Å². The first-order valence-electron chi connectivity index (χ1n) is 11.0. The van der Waals surface area contributed by atoms with E-state index in [9.17, 15) is 15.3 Å². The number of rotatable bonds is 8. The molecular weight excluding hydrogens is 442 g/mol. The van der Waals surface area contributed by atoms with Gasteiger partial charge in [0.25, 0.3) is 0 Å². The lowest BCUT2D eigenvalue weighted by Gasteiger charge is -2.24. The average molecular weight is 474 g/mol. The minimum atomic E-state index is -1.02. The summed E-state index contributed by atoms with van der Waals surface area (Å²) in [6, 6.07) is 7.44. The van der Waals surface area contributed by atoms with E-state index >= 15 is 0 Å². The van der Waals surface area contributed by atoms with E-state index in [0.29, 0.717) is 24.7 Å². The molecule has 0 saturated heterocycles. The number of thiazole rings is 1. The van der Waals surface area contributed by atoms with Crippen LogP contribution in [0.15, 0.2) is 24.3 Å². The third-order valence-electron chi connectivity index (χ3n) is 6.18. The number of hydrogen-bond donors (Lipinski definition) is 5. The summed E-state index contributed by atoms with van der Waals surface area (Å²) in [5, 5.41) is 37.7. The molecular formula is C23H31N5O4S. The zero-order chi connectivity index (χ0) is 23.8. The van der Waals surface area contributed by atoms with Gasteiger partial charge in [-0.2, -0.15) is 4.98 Å². The van der Waals surface area contributed by atoms with Crippen molar-refractivity contribution in [2.75, 3.05) is 30.9 Å². The zero-order valence-corrected chi connectivity index (χ0v) is 20.1. The molecule has 4 rings (SSSR count). The number of nitrogens with one attached hydrogen (secondary N) is 2. The smallest absolute Gasteiger partial charge is 0.225 e. The number of aromatic nitrogens is 3. The van der Waals surface area contributed by atoms with Crippen molar-refractivity contribution in [1.82, 2.24) is 15.0 Å². The number of aliphatic hydroxyl groups excluding tert-OH is 3. The van der Waals surface area contributed by atoms with Gasteiger partial charge in [-0.3, -0.25) is 0 Å². The van der Waals surface area contributed by atoms with Crippen LogP contribution in [0.25, 0.3) is 20.8 Å². The largest absolute Gasteiger partial charge is 0.396 e. The van der Waals surface area contributed by atoms with E-state index < -0.39 is 29.8 Å². The number of ether oxygens (including phenoxy) is 1. The number of hydrogen-bond acceptors (Lipinski definition) is 10. The lowest BCUT2D eigenvalue weighted by atomic mass is 10.1. The Morgan fingerprint density at radius 2 is 1.91 bits per heavy atom. The fourth-order valence-electron chi connectivity index (χ4n) is 3.98. The quantitative estimate of drug-likeness (QED) is 0.334. The van der Waals surface area contributed by atoms with Crippen LogP contribution in [0.2, 0.25) is 0 Å². The predicted octanol–water partition coefficient (Wildman–Crippen LogP) is 2.41. The van der Waals surface area contributed by atoms with E-state index in [0.717, 1.165) is 26.5 Å². The molecule has 1 fully saturated rings. The van der Waals surface area contributed by atoms with Gasteiger partial charge in [0, 0.05) is 26.2 Å². The number of aryl methyl sites for hydroxylation is 1. The van der Waals surface area contributed by atoms with Crippen molar-refractivity contribution in [2.24, 2.45) is 5.92 Å². The highest BCUT2D eigenvalue weighted by atomic mass is 32.1. The maximum atomic E-state index is 10.6. The van der Waals surface area contributed by atoms with Crippen molar-refractivity contribution in [2.45, 2.75) is 51.0 Å². The lowest BCUT2D eigenvalue weighted by molar-refractivity contribution is 0.00446. The molecule has 2 heterocycles. The van der Waals surface area contributed by atoms with E-state index in [1.807, 2.05) is 45.0 Å². The Kier molecular flexibility index (Phi) is 6.83. The zero-order valence-electron chi connectivity index (χ0n) is 19.2. The molecule has 33 heavy (non-hydrogen) atoms. The van der Waals surface area contributed by atoms with Crippen LogP contribution in [0.3, 0.4) is 0 Å². The third kappa shape index (κ3) is 4.95.